The Kier molecular flexibility index (Phi) is 7.00. The van der Waals surface area contributed by atoms with Crippen LogP contribution in [0.1, 0.15) is 33.1 Å². The van der Waals surface area contributed by atoms with E-state index in [-0.39, 0.29) is 18.6 Å². The summed E-state index contributed by atoms with van der Waals surface area (Å²) < 4.78 is 5.02. The van der Waals surface area contributed by atoms with Gasteiger partial charge in [0.25, 0.3) is 0 Å². The van der Waals surface area contributed by atoms with Crippen LogP contribution in [-0.4, -0.2) is 55.1 Å². The molecule has 2 N–H and O–H groups in total. The predicted octanol–water partition coefficient (Wildman–Crippen LogP) is 0.250. The summed E-state index contributed by atoms with van der Waals surface area (Å²) in [6, 6.07) is -0.897. The first-order valence-corrected chi connectivity index (χ1v) is 7.06. The smallest absolute Gasteiger partial charge is 0.323 e. The fourth-order valence-corrected chi connectivity index (χ4v) is 2.24. The van der Waals surface area contributed by atoms with Crippen molar-refractivity contribution in [2.24, 2.45) is 0 Å². The normalized spacial score (nSPS) is 19.2. The van der Waals surface area contributed by atoms with Crippen molar-refractivity contribution >= 4 is 17.9 Å². The Hall–Kier alpha value is -1.63. The lowest BCUT2D eigenvalue weighted by molar-refractivity contribution is -0.151. The third kappa shape index (κ3) is 5.16. The molecule has 7 nitrogen and oxygen atoms in total. The summed E-state index contributed by atoms with van der Waals surface area (Å²) >= 11 is 0. The van der Waals surface area contributed by atoms with E-state index in [1.165, 1.54) is 0 Å². The molecule has 1 aliphatic heterocycles. The number of nitrogens with zero attached hydrogens (tertiary/aromatic N) is 1. The van der Waals surface area contributed by atoms with Gasteiger partial charge in [-0.2, -0.15) is 0 Å². The highest BCUT2D eigenvalue weighted by atomic mass is 16.5. The van der Waals surface area contributed by atoms with Gasteiger partial charge in [0.2, 0.25) is 5.91 Å². The molecule has 0 bridgehead atoms. The van der Waals surface area contributed by atoms with Crippen molar-refractivity contribution in [3.05, 3.63) is 0 Å². The average molecular weight is 285 g/mol. The van der Waals surface area contributed by atoms with Gasteiger partial charge in [-0.15, -0.1) is 0 Å². The van der Waals surface area contributed by atoms with E-state index in [0.717, 1.165) is 12.8 Å². The lowest BCUT2D eigenvalue weighted by Gasteiger charge is -2.33. The second-order valence-corrected chi connectivity index (χ2v) is 4.64. The summed E-state index contributed by atoms with van der Waals surface area (Å²) in [5.74, 6) is -0.704. The van der Waals surface area contributed by atoms with Crippen LogP contribution in [-0.2, 0) is 14.3 Å². The van der Waals surface area contributed by atoms with E-state index < -0.39 is 11.9 Å². The van der Waals surface area contributed by atoms with Crippen molar-refractivity contribution in [2.45, 2.75) is 39.2 Å². The van der Waals surface area contributed by atoms with Gasteiger partial charge in [-0.3, -0.25) is 19.8 Å². The number of ether oxygens (including phenoxy) is 1. The number of hydrogen-bond donors (Lipinski definition) is 2. The Balaban J connectivity index is 2.51. The van der Waals surface area contributed by atoms with Crippen molar-refractivity contribution in [3.63, 3.8) is 0 Å². The van der Waals surface area contributed by atoms with Crippen LogP contribution in [0.2, 0.25) is 0 Å². The number of rotatable bonds is 5. The van der Waals surface area contributed by atoms with Crippen LogP contribution < -0.4 is 10.6 Å². The Labute approximate surface area is 119 Å². The van der Waals surface area contributed by atoms with Crippen molar-refractivity contribution in [1.29, 1.82) is 0 Å². The zero-order valence-electron chi connectivity index (χ0n) is 12.1. The van der Waals surface area contributed by atoms with Crippen LogP contribution in [0.4, 0.5) is 4.79 Å². The largest absolute Gasteiger partial charge is 0.465 e. The molecule has 114 valence electrons. The van der Waals surface area contributed by atoms with E-state index >= 15 is 0 Å². The molecular formula is C13H23N3O4. The molecule has 0 aromatic heterocycles. The molecule has 20 heavy (non-hydrogen) atoms. The van der Waals surface area contributed by atoms with E-state index in [1.54, 1.807) is 18.7 Å². The van der Waals surface area contributed by atoms with Gasteiger partial charge in [-0.1, -0.05) is 6.42 Å². The quantitative estimate of drug-likeness (QED) is 0.707. The van der Waals surface area contributed by atoms with Crippen LogP contribution >= 0.6 is 0 Å². The molecule has 0 aliphatic carbocycles. The number of carbonyl (C=O) groups is 3. The topological polar surface area (TPSA) is 87.7 Å². The monoisotopic (exact) mass is 285 g/mol. The second kappa shape index (κ2) is 8.52. The summed E-state index contributed by atoms with van der Waals surface area (Å²) in [6.45, 7) is 4.99. The minimum atomic E-state index is -0.512. The van der Waals surface area contributed by atoms with Gasteiger partial charge < -0.3 is 10.1 Å². The van der Waals surface area contributed by atoms with Gasteiger partial charge in [0, 0.05) is 6.54 Å². The van der Waals surface area contributed by atoms with Crippen molar-refractivity contribution in [1.82, 2.24) is 15.5 Å². The Morgan fingerprint density at radius 1 is 1.25 bits per heavy atom. The number of hydrogen-bond acceptors (Lipinski definition) is 5. The molecule has 7 heteroatoms. The summed E-state index contributed by atoms with van der Waals surface area (Å²) in [6.07, 6.45) is 2.57. The van der Waals surface area contributed by atoms with Crippen molar-refractivity contribution in [2.75, 3.05) is 26.2 Å². The lowest BCUT2D eigenvalue weighted by Crippen LogP contribution is -2.51. The lowest BCUT2D eigenvalue weighted by atomic mass is 10.0. The Bertz CT molecular complexity index is 360. The molecule has 1 fully saturated rings. The molecule has 0 aromatic carbocycles. The van der Waals surface area contributed by atoms with Gasteiger partial charge in [0.15, 0.2) is 0 Å². The third-order valence-electron chi connectivity index (χ3n) is 3.11. The maximum Gasteiger partial charge on any atom is 0.323 e. The van der Waals surface area contributed by atoms with E-state index in [9.17, 15) is 14.4 Å². The first-order chi connectivity index (χ1) is 9.58. The predicted molar refractivity (Wildman–Crippen MR) is 73.1 cm³/mol. The van der Waals surface area contributed by atoms with E-state index in [4.69, 9.17) is 4.74 Å². The average Bonchev–Trinajstić information content (AvgIpc) is 2.39. The van der Waals surface area contributed by atoms with Crippen LogP contribution in [0.15, 0.2) is 0 Å². The molecule has 1 rings (SSSR count). The first-order valence-electron chi connectivity index (χ1n) is 7.06. The maximum atomic E-state index is 11.8. The number of carbonyl (C=O) groups excluding carboxylic acids is 3. The van der Waals surface area contributed by atoms with Gasteiger partial charge in [0.1, 0.15) is 6.04 Å². The van der Waals surface area contributed by atoms with Gasteiger partial charge >= 0.3 is 12.0 Å². The number of nitrogens with one attached hydrogen (secondary N) is 2. The SMILES string of the molecule is CCNC(=O)NC(=O)CN1CCCCC1C(=O)OCC. The van der Waals surface area contributed by atoms with Gasteiger partial charge in [0.05, 0.1) is 13.2 Å². The molecule has 0 radical (unpaired) electrons. The number of amides is 3. The molecular weight excluding hydrogens is 262 g/mol. The molecule has 1 atom stereocenters. The van der Waals surface area contributed by atoms with Crippen LogP contribution in [0, 0.1) is 0 Å². The number of piperidine rings is 1. The summed E-state index contributed by atoms with van der Waals surface area (Å²) in [5.41, 5.74) is 0. The van der Waals surface area contributed by atoms with Crippen LogP contribution in [0.3, 0.4) is 0 Å². The number of imide groups is 1. The summed E-state index contributed by atoms with van der Waals surface area (Å²) in [4.78, 5) is 36.6. The Morgan fingerprint density at radius 2 is 2.00 bits per heavy atom. The van der Waals surface area contributed by atoms with Gasteiger partial charge in [-0.05, 0) is 33.2 Å². The fourth-order valence-electron chi connectivity index (χ4n) is 2.24. The van der Waals surface area contributed by atoms with Crippen LogP contribution in [0.5, 0.6) is 0 Å². The van der Waals surface area contributed by atoms with Crippen molar-refractivity contribution < 1.29 is 19.1 Å². The molecule has 0 saturated carbocycles. The Morgan fingerprint density at radius 3 is 2.65 bits per heavy atom. The number of urea groups is 1. The summed E-state index contributed by atoms with van der Waals surface area (Å²) in [7, 11) is 0. The minimum Gasteiger partial charge on any atom is -0.465 e. The standard InChI is InChI=1S/C13H23N3O4/c1-3-14-13(19)15-11(17)9-16-8-6-5-7-10(16)12(18)20-4-2/h10H,3-9H2,1-2H3,(H2,14,15,17,19). The molecule has 1 heterocycles. The third-order valence-corrected chi connectivity index (χ3v) is 3.11. The van der Waals surface area contributed by atoms with E-state index in [1.807, 2.05) is 0 Å². The number of likely N-dealkylation sites (tertiary alicyclic amines) is 1. The second-order valence-electron chi connectivity index (χ2n) is 4.64. The molecule has 1 unspecified atom stereocenters. The van der Waals surface area contributed by atoms with Crippen molar-refractivity contribution in [3.8, 4) is 0 Å². The zero-order valence-corrected chi connectivity index (χ0v) is 12.1. The van der Waals surface area contributed by atoms with E-state index in [2.05, 4.69) is 10.6 Å². The van der Waals surface area contributed by atoms with Gasteiger partial charge in [-0.25, -0.2) is 4.79 Å². The van der Waals surface area contributed by atoms with E-state index in [0.29, 0.717) is 26.1 Å². The minimum absolute atomic E-state index is 0.0284. The molecule has 3 amide bonds. The molecule has 0 spiro atoms. The maximum absolute atomic E-state index is 11.8. The van der Waals surface area contributed by atoms with Crippen LogP contribution in [0.25, 0.3) is 0 Å². The molecule has 0 aromatic rings. The molecule has 1 aliphatic rings. The fraction of sp³-hybridized carbons (Fsp3) is 0.769. The number of esters is 1. The highest BCUT2D eigenvalue weighted by molar-refractivity contribution is 5.95. The zero-order chi connectivity index (χ0) is 15.0. The highest BCUT2D eigenvalue weighted by Gasteiger charge is 2.31. The summed E-state index contributed by atoms with van der Waals surface area (Å²) in [5, 5.41) is 4.72. The first kappa shape index (κ1) is 16.4. The molecule has 1 saturated heterocycles. The highest BCUT2D eigenvalue weighted by Crippen LogP contribution is 2.17.